The molecule has 3 rings (SSSR count). The maximum atomic E-state index is 4.40. The third-order valence-electron chi connectivity index (χ3n) is 3.52. The van der Waals surface area contributed by atoms with Crippen LogP contribution in [0.1, 0.15) is 11.5 Å². The van der Waals surface area contributed by atoms with Gasteiger partial charge in [0.25, 0.3) is 0 Å². The molecule has 6 nitrogen and oxygen atoms in total. The minimum Gasteiger partial charge on any atom is -0.351 e. The zero-order valence-corrected chi connectivity index (χ0v) is 16.3. The van der Waals surface area contributed by atoms with Gasteiger partial charge >= 0.3 is 0 Å². The topological polar surface area (TPSA) is 78.0 Å². The van der Waals surface area contributed by atoms with Crippen LogP contribution in [0.25, 0.3) is 11.3 Å². The lowest BCUT2D eigenvalue weighted by atomic mass is 10.2. The monoisotopic (exact) mass is 448 g/mol. The molecule has 0 saturated carbocycles. The van der Waals surface area contributed by atoms with Gasteiger partial charge in [-0.3, -0.25) is 9.98 Å². The summed E-state index contributed by atoms with van der Waals surface area (Å²) in [5.74, 6) is 1.56. The van der Waals surface area contributed by atoms with E-state index in [0.717, 1.165) is 22.8 Å². The van der Waals surface area contributed by atoms with Crippen LogP contribution < -0.4 is 10.6 Å². The zero-order valence-electron chi connectivity index (χ0n) is 13.9. The third kappa shape index (κ3) is 5.56. The van der Waals surface area contributed by atoms with Crippen molar-refractivity contribution in [3.63, 3.8) is 0 Å². The normalized spacial score (nSPS) is 10.8. The van der Waals surface area contributed by atoms with Gasteiger partial charge in [-0.2, -0.15) is 0 Å². The van der Waals surface area contributed by atoms with E-state index in [4.69, 9.17) is 0 Å². The van der Waals surface area contributed by atoms with Crippen LogP contribution in [-0.2, 0) is 13.1 Å². The summed E-state index contributed by atoms with van der Waals surface area (Å²) in [5.41, 5.74) is 3.09. The number of hydrogen-bond donors (Lipinski definition) is 3. The van der Waals surface area contributed by atoms with Crippen LogP contribution in [0.5, 0.6) is 0 Å². The first-order chi connectivity index (χ1) is 11.8. The number of nitrogens with one attached hydrogen (secondary N) is 3. The van der Waals surface area contributed by atoms with Gasteiger partial charge in [0.15, 0.2) is 5.96 Å². The molecular weight excluding hydrogens is 427 g/mol. The van der Waals surface area contributed by atoms with Gasteiger partial charge in [0.05, 0.1) is 30.7 Å². The lowest BCUT2D eigenvalue weighted by molar-refractivity contribution is 0.772. The van der Waals surface area contributed by atoms with Gasteiger partial charge in [-0.15, -0.1) is 24.0 Å². The minimum atomic E-state index is 0. The number of pyridine rings is 1. The fraction of sp³-hybridized carbons (Fsp3) is 0.167. The SMILES string of the molecule is CN=C(NCc1ccccn1)NCc1ncc(-c2ccccc2)[nH]1.I. The molecule has 0 aliphatic carbocycles. The first-order valence-electron chi connectivity index (χ1n) is 7.79. The summed E-state index contributed by atoms with van der Waals surface area (Å²) >= 11 is 0. The van der Waals surface area contributed by atoms with Crippen molar-refractivity contribution < 1.29 is 0 Å². The van der Waals surface area contributed by atoms with Crippen LogP contribution in [0.3, 0.4) is 0 Å². The average molecular weight is 448 g/mol. The summed E-state index contributed by atoms with van der Waals surface area (Å²) in [6.45, 7) is 1.18. The Kier molecular flexibility index (Phi) is 7.39. The maximum Gasteiger partial charge on any atom is 0.191 e. The first kappa shape index (κ1) is 18.9. The number of aliphatic imine (C=N–C) groups is 1. The predicted octanol–water partition coefficient (Wildman–Crippen LogP) is 2.95. The first-order valence-corrected chi connectivity index (χ1v) is 7.79. The second-order valence-electron chi connectivity index (χ2n) is 5.21. The average Bonchev–Trinajstić information content (AvgIpc) is 3.12. The Morgan fingerprint density at radius 2 is 1.76 bits per heavy atom. The van der Waals surface area contributed by atoms with Crippen LogP contribution in [0.15, 0.2) is 65.9 Å². The standard InChI is InChI=1S/C18H20N6.HI/c1-19-18(22-11-15-9-5-6-10-20-15)23-13-17-21-12-16(24-17)14-7-3-2-4-8-14;/h2-10,12H,11,13H2,1H3,(H,21,24)(H2,19,22,23);1H. The molecule has 0 aliphatic rings. The van der Waals surface area contributed by atoms with E-state index in [9.17, 15) is 0 Å². The van der Waals surface area contributed by atoms with Crippen molar-refractivity contribution in [3.05, 3.63) is 72.4 Å². The van der Waals surface area contributed by atoms with E-state index in [1.54, 1.807) is 13.2 Å². The Morgan fingerprint density at radius 3 is 2.48 bits per heavy atom. The fourth-order valence-electron chi connectivity index (χ4n) is 2.28. The van der Waals surface area contributed by atoms with Crippen molar-refractivity contribution >= 4 is 29.9 Å². The molecule has 0 amide bonds. The fourth-order valence-corrected chi connectivity index (χ4v) is 2.28. The van der Waals surface area contributed by atoms with Crippen LogP contribution in [0.4, 0.5) is 0 Å². The van der Waals surface area contributed by atoms with Gasteiger partial charge in [-0.1, -0.05) is 36.4 Å². The highest BCUT2D eigenvalue weighted by atomic mass is 127. The van der Waals surface area contributed by atoms with Crippen molar-refractivity contribution in [1.29, 1.82) is 0 Å². The Hall–Kier alpha value is -2.42. The molecule has 2 heterocycles. The van der Waals surface area contributed by atoms with Gasteiger partial charge in [-0.25, -0.2) is 4.98 Å². The molecule has 2 aromatic heterocycles. The number of benzene rings is 1. The van der Waals surface area contributed by atoms with E-state index in [1.807, 2.05) is 42.6 Å². The lowest BCUT2D eigenvalue weighted by Crippen LogP contribution is -2.36. The van der Waals surface area contributed by atoms with Crippen LogP contribution >= 0.6 is 24.0 Å². The van der Waals surface area contributed by atoms with Crippen LogP contribution in [-0.4, -0.2) is 28.0 Å². The lowest BCUT2D eigenvalue weighted by Gasteiger charge is -2.10. The Bertz CT molecular complexity index is 786. The summed E-state index contributed by atoms with van der Waals surface area (Å²) in [5, 5.41) is 6.47. The number of guanidine groups is 1. The Morgan fingerprint density at radius 1 is 1.00 bits per heavy atom. The molecule has 0 bridgehead atoms. The molecule has 0 aliphatic heterocycles. The number of H-pyrrole nitrogens is 1. The maximum absolute atomic E-state index is 4.40. The molecule has 7 heteroatoms. The highest BCUT2D eigenvalue weighted by Crippen LogP contribution is 2.15. The van der Waals surface area contributed by atoms with E-state index in [-0.39, 0.29) is 24.0 Å². The highest BCUT2D eigenvalue weighted by molar-refractivity contribution is 14.0. The molecule has 0 atom stereocenters. The van der Waals surface area contributed by atoms with Gasteiger partial charge in [0.2, 0.25) is 0 Å². The van der Waals surface area contributed by atoms with E-state index >= 15 is 0 Å². The number of aromatic nitrogens is 3. The summed E-state index contributed by atoms with van der Waals surface area (Å²) in [4.78, 5) is 16.2. The molecule has 3 aromatic rings. The molecule has 3 N–H and O–H groups in total. The van der Waals surface area contributed by atoms with Gasteiger partial charge in [-0.05, 0) is 17.7 Å². The highest BCUT2D eigenvalue weighted by Gasteiger charge is 2.04. The minimum absolute atomic E-state index is 0. The molecule has 0 saturated heterocycles. The van der Waals surface area contributed by atoms with E-state index in [0.29, 0.717) is 19.0 Å². The van der Waals surface area contributed by atoms with Crippen molar-refractivity contribution in [2.75, 3.05) is 7.05 Å². The van der Waals surface area contributed by atoms with E-state index in [2.05, 4.69) is 42.7 Å². The van der Waals surface area contributed by atoms with Gasteiger partial charge in [0.1, 0.15) is 5.82 Å². The number of aromatic amines is 1. The summed E-state index contributed by atoms with van der Waals surface area (Å²) in [7, 11) is 1.74. The summed E-state index contributed by atoms with van der Waals surface area (Å²) < 4.78 is 0. The van der Waals surface area contributed by atoms with Crippen molar-refractivity contribution in [3.8, 4) is 11.3 Å². The summed E-state index contributed by atoms with van der Waals surface area (Å²) in [6.07, 6.45) is 3.62. The molecule has 0 radical (unpaired) electrons. The zero-order chi connectivity index (χ0) is 16.6. The quantitative estimate of drug-likeness (QED) is 0.319. The molecule has 0 unspecified atom stereocenters. The number of rotatable bonds is 5. The Labute approximate surface area is 164 Å². The van der Waals surface area contributed by atoms with Gasteiger partial charge < -0.3 is 15.6 Å². The van der Waals surface area contributed by atoms with E-state index in [1.165, 1.54) is 0 Å². The van der Waals surface area contributed by atoms with Crippen molar-refractivity contribution in [1.82, 2.24) is 25.6 Å². The molecule has 0 fully saturated rings. The second kappa shape index (κ2) is 9.77. The van der Waals surface area contributed by atoms with Crippen LogP contribution in [0.2, 0.25) is 0 Å². The van der Waals surface area contributed by atoms with E-state index < -0.39 is 0 Å². The molecular formula is C18H21IN6. The largest absolute Gasteiger partial charge is 0.351 e. The second-order valence-corrected chi connectivity index (χ2v) is 5.21. The van der Waals surface area contributed by atoms with Crippen LogP contribution in [0, 0.1) is 0 Å². The number of nitrogens with zero attached hydrogens (tertiary/aromatic N) is 3. The molecule has 0 spiro atoms. The molecule has 1 aromatic carbocycles. The van der Waals surface area contributed by atoms with Crippen molar-refractivity contribution in [2.24, 2.45) is 4.99 Å². The third-order valence-corrected chi connectivity index (χ3v) is 3.52. The Balaban J connectivity index is 0.00000225. The summed E-state index contributed by atoms with van der Waals surface area (Å²) in [6, 6.07) is 16.0. The predicted molar refractivity (Wildman–Crippen MR) is 111 cm³/mol. The molecule has 130 valence electrons. The number of halogens is 1. The number of imidazole rings is 1. The molecule has 25 heavy (non-hydrogen) atoms. The number of hydrogen-bond acceptors (Lipinski definition) is 3. The van der Waals surface area contributed by atoms with Gasteiger partial charge in [0, 0.05) is 13.2 Å². The van der Waals surface area contributed by atoms with Crippen molar-refractivity contribution in [2.45, 2.75) is 13.1 Å². The smallest absolute Gasteiger partial charge is 0.191 e.